The SMILES string of the molecule is O=C(Nc1cc(N2CCN(c3ccccc3)CC2)ncn1)c1ccccc1Nc1ccccc1. The van der Waals surface area contributed by atoms with Gasteiger partial charge >= 0.3 is 0 Å². The Balaban J connectivity index is 1.26. The summed E-state index contributed by atoms with van der Waals surface area (Å²) in [5.74, 6) is 1.07. The maximum atomic E-state index is 13.1. The van der Waals surface area contributed by atoms with Crippen molar-refractivity contribution < 1.29 is 4.79 Å². The summed E-state index contributed by atoms with van der Waals surface area (Å²) in [6.07, 6.45) is 1.50. The van der Waals surface area contributed by atoms with Gasteiger partial charge in [0.1, 0.15) is 18.0 Å². The Kier molecular flexibility index (Phi) is 6.34. The van der Waals surface area contributed by atoms with Crippen LogP contribution >= 0.6 is 0 Å². The first-order valence-electron chi connectivity index (χ1n) is 11.4. The van der Waals surface area contributed by atoms with E-state index in [9.17, 15) is 4.79 Å². The number of hydrogen-bond donors (Lipinski definition) is 2. The first-order valence-corrected chi connectivity index (χ1v) is 11.4. The monoisotopic (exact) mass is 450 g/mol. The minimum absolute atomic E-state index is 0.224. The predicted octanol–water partition coefficient (Wildman–Crippen LogP) is 4.80. The minimum Gasteiger partial charge on any atom is -0.368 e. The number of rotatable bonds is 6. The van der Waals surface area contributed by atoms with Gasteiger partial charge in [0.05, 0.1) is 11.3 Å². The third-order valence-corrected chi connectivity index (χ3v) is 5.84. The number of amides is 1. The number of aromatic nitrogens is 2. The van der Waals surface area contributed by atoms with Crippen LogP contribution in [0, 0.1) is 0 Å². The molecule has 0 bridgehead atoms. The number of nitrogens with one attached hydrogen (secondary N) is 2. The fraction of sp³-hybridized carbons (Fsp3) is 0.148. The number of benzene rings is 3. The molecule has 5 rings (SSSR count). The van der Waals surface area contributed by atoms with Gasteiger partial charge in [0.15, 0.2) is 0 Å². The van der Waals surface area contributed by atoms with Crippen molar-refractivity contribution in [2.24, 2.45) is 0 Å². The summed E-state index contributed by atoms with van der Waals surface area (Å²) in [5, 5.41) is 6.24. The summed E-state index contributed by atoms with van der Waals surface area (Å²) in [4.78, 5) is 26.4. The molecule has 1 aliphatic heterocycles. The first kappa shape index (κ1) is 21.5. The maximum absolute atomic E-state index is 13.1. The molecule has 0 radical (unpaired) electrons. The van der Waals surface area contributed by atoms with Gasteiger partial charge in [-0.25, -0.2) is 9.97 Å². The van der Waals surface area contributed by atoms with E-state index in [1.807, 2.05) is 60.7 Å². The van der Waals surface area contributed by atoms with Crippen molar-refractivity contribution in [2.75, 3.05) is 46.6 Å². The molecule has 0 spiro atoms. The lowest BCUT2D eigenvalue weighted by atomic mass is 10.1. The number of hydrogen-bond acceptors (Lipinski definition) is 6. The fourth-order valence-corrected chi connectivity index (χ4v) is 4.07. The summed E-state index contributed by atoms with van der Waals surface area (Å²) in [6.45, 7) is 3.52. The second kappa shape index (κ2) is 10.0. The fourth-order valence-electron chi connectivity index (χ4n) is 4.07. The highest BCUT2D eigenvalue weighted by Crippen LogP contribution is 2.23. The molecule has 0 atom stereocenters. The second-order valence-corrected chi connectivity index (χ2v) is 8.06. The van der Waals surface area contributed by atoms with Gasteiger partial charge in [0.2, 0.25) is 0 Å². The van der Waals surface area contributed by atoms with Crippen molar-refractivity contribution >= 4 is 34.6 Å². The molecule has 1 amide bonds. The molecule has 4 aromatic rings. The van der Waals surface area contributed by atoms with Gasteiger partial charge in [0.25, 0.3) is 5.91 Å². The van der Waals surface area contributed by atoms with E-state index < -0.39 is 0 Å². The van der Waals surface area contributed by atoms with Gasteiger partial charge in [-0.3, -0.25) is 4.79 Å². The van der Waals surface area contributed by atoms with Crippen LogP contribution in [0.2, 0.25) is 0 Å². The molecule has 2 heterocycles. The number of para-hydroxylation sites is 3. The van der Waals surface area contributed by atoms with E-state index in [4.69, 9.17) is 0 Å². The Morgan fingerprint density at radius 1 is 0.735 bits per heavy atom. The minimum atomic E-state index is -0.224. The molecule has 7 heteroatoms. The largest absolute Gasteiger partial charge is 0.368 e. The van der Waals surface area contributed by atoms with Crippen LogP contribution in [0.1, 0.15) is 10.4 Å². The second-order valence-electron chi connectivity index (χ2n) is 8.06. The van der Waals surface area contributed by atoms with Crippen LogP contribution < -0.4 is 20.4 Å². The van der Waals surface area contributed by atoms with Gasteiger partial charge in [-0.2, -0.15) is 0 Å². The van der Waals surface area contributed by atoms with Crippen LogP contribution in [-0.4, -0.2) is 42.1 Å². The number of nitrogens with zero attached hydrogens (tertiary/aromatic N) is 4. The Morgan fingerprint density at radius 2 is 1.38 bits per heavy atom. The first-order chi connectivity index (χ1) is 16.8. The van der Waals surface area contributed by atoms with E-state index in [-0.39, 0.29) is 5.91 Å². The van der Waals surface area contributed by atoms with E-state index >= 15 is 0 Å². The molecule has 0 unspecified atom stereocenters. The molecule has 0 aliphatic carbocycles. The zero-order valence-corrected chi connectivity index (χ0v) is 18.8. The standard InChI is InChI=1S/C27H26N6O/c34-27(23-13-7-8-14-24(23)30-21-9-3-1-4-10-21)31-25-19-26(29-20-28-25)33-17-15-32(16-18-33)22-11-5-2-6-12-22/h1-14,19-20,30H,15-18H2,(H,28,29,31,34). The van der Waals surface area contributed by atoms with E-state index in [0.29, 0.717) is 11.4 Å². The third-order valence-electron chi connectivity index (χ3n) is 5.84. The van der Waals surface area contributed by atoms with Crippen LogP contribution in [0.3, 0.4) is 0 Å². The van der Waals surface area contributed by atoms with Crippen molar-refractivity contribution in [1.29, 1.82) is 0 Å². The summed E-state index contributed by atoms with van der Waals surface area (Å²) in [6, 6.07) is 29.5. The summed E-state index contributed by atoms with van der Waals surface area (Å²) < 4.78 is 0. The lowest BCUT2D eigenvalue weighted by Crippen LogP contribution is -2.46. The van der Waals surface area contributed by atoms with Crippen LogP contribution in [0.4, 0.5) is 28.7 Å². The maximum Gasteiger partial charge on any atom is 0.258 e. The van der Waals surface area contributed by atoms with Gasteiger partial charge in [0, 0.05) is 43.6 Å². The van der Waals surface area contributed by atoms with Crippen molar-refractivity contribution in [3.05, 3.63) is 103 Å². The van der Waals surface area contributed by atoms with E-state index in [1.165, 1.54) is 12.0 Å². The zero-order valence-electron chi connectivity index (χ0n) is 18.8. The lowest BCUT2D eigenvalue weighted by Gasteiger charge is -2.36. The van der Waals surface area contributed by atoms with Gasteiger partial charge in [-0.15, -0.1) is 0 Å². The predicted molar refractivity (Wildman–Crippen MR) is 137 cm³/mol. The van der Waals surface area contributed by atoms with Crippen LogP contribution in [0.25, 0.3) is 0 Å². The molecule has 34 heavy (non-hydrogen) atoms. The van der Waals surface area contributed by atoms with Crippen molar-refractivity contribution in [3.8, 4) is 0 Å². The quantitative estimate of drug-likeness (QED) is 0.440. The third kappa shape index (κ3) is 4.99. The molecule has 1 saturated heterocycles. The highest BCUT2D eigenvalue weighted by molar-refractivity contribution is 6.08. The zero-order chi connectivity index (χ0) is 23.2. The summed E-state index contributed by atoms with van der Waals surface area (Å²) >= 11 is 0. The Labute approximate surface area is 199 Å². The molecular weight excluding hydrogens is 424 g/mol. The molecule has 7 nitrogen and oxygen atoms in total. The molecule has 3 aromatic carbocycles. The summed E-state index contributed by atoms with van der Waals surface area (Å²) in [7, 11) is 0. The molecule has 1 aromatic heterocycles. The Bertz CT molecular complexity index is 1240. The molecule has 170 valence electrons. The van der Waals surface area contributed by atoms with E-state index in [2.05, 4.69) is 54.7 Å². The average Bonchev–Trinajstić information content (AvgIpc) is 2.90. The summed E-state index contributed by atoms with van der Waals surface area (Å²) in [5.41, 5.74) is 3.43. The molecule has 1 fully saturated rings. The van der Waals surface area contributed by atoms with E-state index in [1.54, 1.807) is 6.07 Å². The van der Waals surface area contributed by atoms with Crippen molar-refractivity contribution in [3.63, 3.8) is 0 Å². The normalized spacial score (nSPS) is 13.4. The smallest absolute Gasteiger partial charge is 0.258 e. The Morgan fingerprint density at radius 3 is 2.15 bits per heavy atom. The van der Waals surface area contributed by atoms with Gasteiger partial charge in [-0.05, 0) is 36.4 Å². The average molecular weight is 451 g/mol. The lowest BCUT2D eigenvalue weighted by molar-refractivity contribution is 0.102. The topological polar surface area (TPSA) is 73.4 Å². The molecule has 1 aliphatic rings. The number of piperazine rings is 1. The molecule has 0 saturated carbocycles. The number of carbonyl (C=O) groups excluding carboxylic acids is 1. The van der Waals surface area contributed by atoms with Gasteiger partial charge in [-0.1, -0.05) is 48.5 Å². The van der Waals surface area contributed by atoms with Crippen LogP contribution in [-0.2, 0) is 0 Å². The van der Waals surface area contributed by atoms with Crippen molar-refractivity contribution in [1.82, 2.24) is 9.97 Å². The van der Waals surface area contributed by atoms with Gasteiger partial charge < -0.3 is 20.4 Å². The van der Waals surface area contributed by atoms with Crippen molar-refractivity contribution in [2.45, 2.75) is 0 Å². The van der Waals surface area contributed by atoms with Crippen LogP contribution in [0.5, 0.6) is 0 Å². The molecular formula is C27H26N6O. The Hall–Kier alpha value is -4.39. The van der Waals surface area contributed by atoms with Crippen LogP contribution in [0.15, 0.2) is 97.3 Å². The van der Waals surface area contributed by atoms with E-state index in [0.717, 1.165) is 43.4 Å². The number of carbonyl (C=O) groups is 1. The highest BCUT2D eigenvalue weighted by Gasteiger charge is 2.19. The highest BCUT2D eigenvalue weighted by atomic mass is 16.1. The number of anilines is 5. The molecule has 2 N–H and O–H groups in total.